The summed E-state index contributed by atoms with van der Waals surface area (Å²) in [6.45, 7) is 5.81. The zero-order valence-electron chi connectivity index (χ0n) is 12.7. The van der Waals surface area contributed by atoms with E-state index in [0.717, 1.165) is 37.9 Å². The van der Waals surface area contributed by atoms with E-state index in [-0.39, 0.29) is 6.04 Å². The SMILES string of the molecule is CCCC1(C(=O)O)CCCN(C(C)c2ccnn2C)C1. The maximum absolute atomic E-state index is 11.7. The number of aromatic nitrogens is 2. The molecule has 5 heteroatoms. The molecule has 0 radical (unpaired) electrons. The lowest BCUT2D eigenvalue weighted by Gasteiger charge is -2.42. The van der Waals surface area contributed by atoms with Gasteiger partial charge < -0.3 is 5.11 Å². The van der Waals surface area contributed by atoms with E-state index in [4.69, 9.17) is 0 Å². The van der Waals surface area contributed by atoms with Crippen LogP contribution in [-0.4, -0.2) is 38.8 Å². The summed E-state index contributed by atoms with van der Waals surface area (Å²) >= 11 is 0. The van der Waals surface area contributed by atoms with Crippen molar-refractivity contribution in [2.45, 2.75) is 45.6 Å². The van der Waals surface area contributed by atoms with Crippen LogP contribution in [0.5, 0.6) is 0 Å². The maximum Gasteiger partial charge on any atom is 0.310 e. The zero-order valence-corrected chi connectivity index (χ0v) is 12.7. The molecule has 2 unspecified atom stereocenters. The first-order valence-corrected chi connectivity index (χ1v) is 7.45. The number of carboxylic acids is 1. The molecule has 5 nitrogen and oxygen atoms in total. The van der Waals surface area contributed by atoms with Crippen molar-refractivity contribution in [1.82, 2.24) is 14.7 Å². The third kappa shape index (κ3) is 2.73. The summed E-state index contributed by atoms with van der Waals surface area (Å²) in [5, 5.41) is 13.9. The van der Waals surface area contributed by atoms with Gasteiger partial charge in [0.2, 0.25) is 0 Å². The van der Waals surface area contributed by atoms with Crippen LogP contribution in [0.15, 0.2) is 12.3 Å². The molecule has 2 heterocycles. The summed E-state index contributed by atoms with van der Waals surface area (Å²) in [5.74, 6) is -0.638. The Hall–Kier alpha value is -1.36. The van der Waals surface area contributed by atoms with Crippen LogP contribution in [0, 0.1) is 5.41 Å². The molecule has 0 aliphatic carbocycles. The van der Waals surface area contributed by atoms with Crippen LogP contribution < -0.4 is 0 Å². The molecule has 20 heavy (non-hydrogen) atoms. The first-order chi connectivity index (χ1) is 9.50. The van der Waals surface area contributed by atoms with Crippen molar-refractivity contribution in [3.05, 3.63) is 18.0 Å². The average Bonchev–Trinajstić information content (AvgIpc) is 2.84. The van der Waals surface area contributed by atoms with E-state index < -0.39 is 11.4 Å². The van der Waals surface area contributed by atoms with E-state index in [1.54, 1.807) is 6.20 Å². The van der Waals surface area contributed by atoms with Gasteiger partial charge in [-0.15, -0.1) is 0 Å². The number of carbonyl (C=O) groups is 1. The van der Waals surface area contributed by atoms with Crippen molar-refractivity contribution in [3.63, 3.8) is 0 Å². The Morgan fingerprint density at radius 1 is 1.60 bits per heavy atom. The molecule has 1 aliphatic rings. The smallest absolute Gasteiger partial charge is 0.310 e. The first kappa shape index (κ1) is 15.0. The van der Waals surface area contributed by atoms with E-state index in [1.165, 1.54) is 0 Å². The van der Waals surface area contributed by atoms with E-state index in [0.29, 0.717) is 6.54 Å². The highest BCUT2D eigenvalue weighted by Gasteiger charge is 2.42. The predicted octanol–water partition coefficient (Wildman–Crippen LogP) is 2.45. The van der Waals surface area contributed by atoms with Crippen LogP contribution in [0.4, 0.5) is 0 Å². The average molecular weight is 279 g/mol. The van der Waals surface area contributed by atoms with Gasteiger partial charge in [0, 0.05) is 25.8 Å². The second-order valence-corrected chi connectivity index (χ2v) is 5.97. The van der Waals surface area contributed by atoms with Crippen LogP contribution in [0.25, 0.3) is 0 Å². The van der Waals surface area contributed by atoms with Crippen LogP contribution in [-0.2, 0) is 11.8 Å². The van der Waals surface area contributed by atoms with E-state index in [1.807, 2.05) is 17.8 Å². The molecule has 0 saturated carbocycles. The molecule has 1 saturated heterocycles. The molecule has 112 valence electrons. The van der Waals surface area contributed by atoms with Gasteiger partial charge in [0.1, 0.15) is 0 Å². The van der Waals surface area contributed by atoms with Crippen molar-refractivity contribution in [2.75, 3.05) is 13.1 Å². The number of aliphatic carboxylic acids is 1. The lowest BCUT2D eigenvalue weighted by Crippen LogP contribution is -2.48. The molecule has 1 aromatic heterocycles. The molecule has 2 atom stereocenters. The molecule has 0 aromatic carbocycles. The number of piperidine rings is 1. The van der Waals surface area contributed by atoms with Gasteiger partial charge in [0.25, 0.3) is 0 Å². The number of hydrogen-bond donors (Lipinski definition) is 1. The van der Waals surface area contributed by atoms with Crippen molar-refractivity contribution in [1.29, 1.82) is 0 Å². The maximum atomic E-state index is 11.7. The number of carboxylic acid groups (broad SMARTS) is 1. The van der Waals surface area contributed by atoms with Gasteiger partial charge in [-0.2, -0.15) is 5.10 Å². The Bertz CT molecular complexity index is 467. The van der Waals surface area contributed by atoms with Crippen molar-refractivity contribution < 1.29 is 9.90 Å². The Morgan fingerprint density at radius 3 is 2.90 bits per heavy atom. The normalized spacial score (nSPS) is 25.6. The monoisotopic (exact) mass is 279 g/mol. The lowest BCUT2D eigenvalue weighted by atomic mass is 9.76. The highest BCUT2D eigenvalue weighted by atomic mass is 16.4. The quantitative estimate of drug-likeness (QED) is 0.899. The molecule has 1 N–H and O–H groups in total. The Morgan fingerprint density at radius 2 is 2.35 bits per heavy atom. The van der Waals surface area contributed by atoms with Gasteiger partial charge in [-0.05, 0) is 38.8 Å². The molecule has 0 amide bonds. The minimum Gasteiger partial charge on any atom is -0.481 e. The fourth-order valence-corrected chi connectivity index (χ4v) is 3.44. The standard InChI is InChI=1S/C15H25N3O2/c1-4-7-15(14(19)20)8-5-10-18(11-15)12(2)13-6-9-16-17(13)3/h6,9,12H,4-5,7-8,10-11H2,1-3H3,(H,19,20). The summed E-state index contributed by atoms with van der Waals surface area (Å²) in [6, 6.07) is 2.22. The lowest BCUT2D eigenvalue weighted by molar-refractivity contribution is -0.154. The third-order valence-corrected chi connectivity index (χ3v) is 4.62. The van der Waals surface area contributed by atoms with Gasteiger partial charge in [0.15, 0.2) is 0 Å². The highest BCUT2D eigenvalue weighted by molar-refractivity contribution is 5.75. The third-order valence-electron chi connectivity index (χ3n) is 4.62. The largest absolute Gasteiger partial charge is 0.481 e. The zero-order chi connectivity index (χ0) is 14.8. The number of aryl methyl sites for hydroxylation is 1. The second-order valence-electron chi connectivity index (χ2n) is 5.97. The van der Waals surface area contributed by atoms with Crippen LogP contribution in [0.3, 0.4) is 0 Å². The van der Waals surface area contributed by atoms with Crippen molar-refractivity contribution in [2.24, 2.45) is 12.5 Å². The van der Waals surface area contributed by atoms with Gasteiger partial charge in [-0.3, -0.25) is 14.4 Å². The number of likely N-dealkylation sites (tertiary alicyclic amines) is 1. The minimum absolute atomic E-state index is 0.207. The summed E-state index contributed by atoms with van der Waals surface area (Å²) in [4.78, 5) is 14.0. The summed E-state index contributed by atoms with van der Waals surface area (Å²) in [6.07, 6.45) is 5.22. The van der Waals surface area contributed by atoms with Crippen LogP contribution in [0.2, 0.25) is 0 Å². The molecule has 0 bridgehead atoms. The summed E-state index contributed by atoms with van der Waals surface area (Å²) in [5.41, 5.74) is 0.572. The van der Waals surface area contributed by atoms with Crippen molar-refractivity contribution in [3.8, 4) is 0 Å². The first-order valence-electron chi connectivity index (χ1n) is 7.45. The number of hydrogen-bond acceptors (Lipinski definition) is 3. The molecule has 0 spiro atoms. The van der Waals surface area contributed by atoms with E-state index in [2.05, 4.69) is 23.8 Å². The van der Waals surface area contributed by atoms with Crippen LogP contribution >= 0.6 is 0 Å². The summed E-state index contributed by atoms with van der Waals surface area (Å²) < 4.78 is 1.88. The molecule has 2 rings (SSSR count). The molecular formula is C15H25N3O2. The molecule has 1 fully saturated rings. The predicted molar refractivity (Wildman–Crippen MR) is 77.4 cm³/mol. The molecular weight excluding hydrogens is 254 g/mol. The number of nitrogens with zero attached hydrogens (tertiary/aromatic N) is 3. The van der Waals surface area contributed by atoms with Crippen molar-refractivity contribution >= 4 is 5.97 Å². The van der Waals surface area contributed by atoms with Crippen LogP contribution in [0.1, 0.15) is 51.3 Å². The van der Waals surface area contributed by atoms with Gasteiger partial charge in [-0.1, -0.05) is 13.3 Å². The summed E-state index contributed by atoms with van der Waals surface area (Å²) in [7, 11) is 1.94. The Kier molecular flexibility index (Phi) is 4.48. The van der Waals surface area contributed by atoms with Gasteiger partial charge in [-0.25, -0.2) is 0 Å². The Labute approximate surface area is 120 Å². The molecule has 1 aromatic rings. The second kappa shape index (κ2) is 5.95. The van der Waals surface area contributed by atoms with Gasteiger partial charge >= 0.3 is 5.97 Å². The molecule has 1 aliphatic heterocycles. The topological polar surface area (TPSA) is 58.4 Å². The van der Waals surface area contributed by atoms with E-state index >= 15 is 0 Å². The minimum atomic E-state index is -0.638. The fourth-order valence-electron chi connectivity index (χ4n) is 3.44. The van der Waals surface area contributed by atoms with E-state index in [9.17, 15) is 9.90 Å². The highest BCUT2D eigenvalue weighted by Crippen LogP contribution is 2.38. The number of rotatable bonds is 5. The fraction of sp³-hybridized carbons (Fsp3) is 0.733. The Balaban J connectivity index is 2.17. The van der Waals surface area contributed by atoms with Gasteiger partial charge in [0.05, 0.1) is 11.1 Å².